The van der Waals surface area contributed by atoms with E-state index in [9.17, 15) is 17.6 Å². The molecule has 0 saturated heterocycles. The second kappa shape index (κ2) is 5.32. The first-order valence-electron chi connectivity index (χ1n) is 5.07. The number of nitrogens with two attached hydrogens (primary N) is 2. The van der Waals surface area contributed by atoms with Crippen LogP contribution in [0.2, 0.25) is 0 Å². The average molecular weight is 275 g/mol. The summed E-state index contributed by atoms with van der Waals surface area (Å²) in [6.45, 7) is 1.22. The lowest BCUT2D eigenvalue weighted by molar-refractivity contribution is -0.117. The number of nitrogen functional groups attached to an aromatic ring is 1. The van der Waals surface area contributed by atoms with Gasteiger partial charge in [-0.05, 0) is 24.6 Å². The Labute approximate surface area is 104 Å². The zero-order valence-electron chi connectivity index (χ0n) is 9.73. The predicted molar refractivity (Wildman–Crippen MR) is 64.5 cm³/mol. The lowest BCUT2D eigenvalue weighted by Crippen LogP contribution is -2.28. The van der Waals surface area contributed by atoms with Gasteiger partial charge < -0.3 is 11.5 Å². The molecule has 8 heteroatoms. The van der Waals surface area contributed by atoms with E-state index in [-0.39, 0.29) is 24.2 Å². The summed E-state index contributed by atoms with van der Waals surface area (Å²) in [5.74, 6) is -1.52. The molecule has 0 heterocycles. The average Bonchev–Trinajstić information content (AvgIpc) is 2.22. The highest BCUT2D eigenvalue weighted by Crippen LogP contribution is 2.21. The molecule has 0 aliphatic carbocycles. The van der Waals surface area contributed by atoms with Crippen molar-refractivity contribution < 1.29 is 17.6 Å². The molecule has 0 fully saturated rings. The van der Waals surface area contributed by atoms with Crippen LogP contribution in [0.25, 0.3) is 0 Å². The molecular formula is C10H14FN3O3S. The quantitative estimate of drug-likeness (QED) is 0.649. The van der Waals surface area contributed by atoms with Gasteiger partial charge in [-0.25, -0.2) is 17.5 Å². The van der Waals surface area contributed by atoms with Gasteiger partial charge in [0.2, 0.25) is 15.9 Å². The number of aryl methyl sites for hydroxylation is 1. The summed E-state index contributed by atoms with van der Waals surface area (Å²) in [6.07, 6.45) is -0.165. The first-order chi connectivity index (χ1) is 8.24. The number of nitrogens with one attached hydrogen (secondary N) is 1. The van der Waals surface area contributed by atoms with Gasteiger partial charge in [-0.2, -0.15) is 0 Å². The van der Waals surface area contributed by atoms with Crippen molar-refractivity contribution in [3.63, 3.8) is 0 Å². The molecule has 0 saturated carbocycles. The van der Waals surface area contributed by atoms with E-state index < -0.39 is 26.6 Å². The first kappa shape index (κ1) is 14.4. The minimum absolute atomic E-state index is 0.130. The first-order valence-corrected chi connectivity index (χ1v) is 6.56. The lowest BCUT2D eigenvalue weighted by Gasteiger charge is -2.09. The summed E-state index contributed by atoms with van der Waals surface area (Å²) < 4.78 is 39.3. The maximum absolute atomic E-state index is 13.7. The van der Waals surface area contributed by atoms with E-state index in [1.807, 2.05) is 0 Å². The molecule has 0 atom stereocenters. The molecule has 0 aliphatic rings. The number of hydrogen-bond donors (Lipinski definition) is 3. The standard InChI is InChI=1S/C10H14FN3O3S/c1-6-4-7(12)5-8(10(6)11)18(16,17)14-3-2-9(13)15/h4-5,14H,2-3,12H2,1H3,(H2,13,15). The molecule has 1 amide bonds. The third-order valence-electron chi connectivity index (χ3n) is 2.20. The fourth-order valence-electron chi connectivity index (χ4n) is 1.35. The Kier molecular flexibility index (Phi) is 4.25. The Morgan fingerprint density at radius 1 is 1.44 bits per heavy atom. The molecule has 18 heavy (non-hydrogen) atoms. The summed E-state index contributed by atoms with van der Waals surface area (Å²) in [5.41, 5.74) is 10.6. The van der Waals surface area contributed by atoms with E-state index in [2.05, 4.69) is 4.72 Å². The summed E-state index contributed by atoms with van der Waals surface area (Å²) >= 11 is 0. The van der Waals surface area contributed by atoms with Gasteiger partial charge >= 0.3 is 0 Å². The number of rotatable bonds is 5. The Morgan fingerprint density at radius 3 is 2.61 bits per heavy atom. The number of hydrogen-bond acceptors (Lipinski definition) is 4. The van der Waals surface area contributed by atoms with Crippen molar-refractivity contribution in [1.82, 2.24) is 4.72 Å². The molecule has 1 aromatic carbocycles. The van der Waals surface area contributed by atoms with E-state index in [0.29, 0.717) is 0 Å². The highest BCUT2D eigenvalue weighted by atomic mass is 32.2. The van der Waals surface area contributed by atoms with Crippen molar-refractivity contribution in [2.75, 3.05) is 12.3 Å². The predicted octanol–water partition coefficient (Wildman–Crippen LogP) is -0.130. The monoisotopic (exact) mass is 275 g/mol. The van der Waals surface area contributed by atoms with E-state index in [1.54, 1.807) is 0 Å². The van der Waals surface area contributed by atoms with Crippen LogP contribution in [-0.4, -0.2) is 20.9 Å². The number of anilines is 1. The molecule has 0 unspecified atom stereocenters. The summed E-state index contributed by atoms with van der Waals surface area (Å²) in [4.78, 5) is 9.95. The normalized spacial score (nSPS) is 11.4. The van der Waals surface area contributed by atoms with Crippen LogP contribution < -0.4 is 16.2 Å². The van der Waals surface area contributed by atoms with Crippen molar-refractivity contribution in [3.05, 3.63) is 23.5 Å². The number of halogens is 1. The minimum Gasteiger partial charge on any atom is -0.399 e. The van der Waals surface area contributed by atoms with Gasteiger partial charge in [-0.3, -0.25) is 4.79 Å². The van der Waals surface area contributed by atoms with Crippen LogP contribution in [0.4, 0.5) is 10.1 Å². The molecule has 0 radical (unpaired) electrons. The van der Waals surface area contributed by atoms with Crippen LogP contribution in [0.1, 0.15) is 12.0 Å². The van der Waals surface area contributed by atoms with Gasteiger partial charge in [-0.1, -0.05) is 0 Å². The van der Waals surface area contributed by atoms with Crippen molar-refractivity contribution in [2.45, 2.75) is 18.2 Å². The van der Waals surface area contributed by atoms with Gasteiger partial charge in [0.05, 0.1) is 0 Å². The topological polar surface area (TPSA) is 115 Å². The largest absolute Gasteiger partial charge is 0.399 e. The molecule has 5 N–H and O–H groups in total. The second-order valence-corrected chi connectivity index (χ2v) is 5.50. The molecule has 1 aromatic rings. The van der Waals surface area contributed by atoms with E-state index in [4.69, 9.17) is 11.5 Å². The molecule has 0 bridgehead atoms. The molecular weight excluding hydrogens is 261 g/mol. The summed E-state index contributed by atoms with van der Waals surface area (Å²) in [7, 11) is -4.04. The van der Waals surface area contributed by atoms with Gasteiger partial charge in [0.1, 0.15) is 10.7 Å². The lowest BCUT2D eigenvalue weighted by atomic mass is 10.2. The highest BCUT2D eigenvalue weighted by Gasteiger charge is 2.20. The van der Waals surface area contributed by atoms with E-state index in [1.165, 1.54) is 13.0 Å². The van der Waals surface area contributed by atoms with Crippen LogP contribution in [0.15, 0.2) is 17.0 Å². The number of primary amides is 1. The van der Waals surface area contributed by atoms with Gasteiger partial charge in [0, 0.05) is 18.7 Å². The summed E-state index contributed by atoms with van der Waals surface area (Å²) in [6, 6.07) is 2.35. The second-order valence-electron chi connectivity index (χ2n) is 3.76. The van der Waals surface area contributed by atoms with Crippen LogP contribution in [0.5, 0.6) is 0 Å². The van der Waals surface area contributed by atoms with E-state index >= 15 is 0 Å². The Morgan fingerprint density at radius 2 is 2.06 bits per heavy atom. The van der Waals surface area contributed by atoms with Gasteiger partial charge in [0.15, 0.2) is 0 Å². The molecule has 6 nitrogen and oxygen atoms in total. The van der Waals surface area contributed by atoms with Gasteiger partial charge in [-0.15, -0.1) is 0 Å². The van der Waals surface area contributed by atoms with Crippen LogP contribution in [0.3, 0.4) is 0 Å². The maximum Gasteiger partial charge on any atom is 0.243 e. The Balaban J connectivity index is 3.02. The van der Waals surface area contributed by atoms with Crippen LogP contribution >= 0.6 is 0 Å². The molecule has 0 aromatic heterocycles. The fourth-order valence-corrected chi connectivity index (χ4v) is 2.56. The van der Waals surface area contributed by atoms with Crippen molar-refractivity contribution >= 4 is 21.6 Å². The molecule has 100 valence electrons. The number of benzene rings is 1. The fraction of sp³-hybridized carbons (Fsp3) is 0.300. The Bertz CT molecular complexity index is 572. The number of carbonyl (C=O) groups excluding carboxylic acids is 1. The van der Waals surface area contributed by atoms with Crippen molar-refractivity contribution in [2.24, 2.45) is 5.73 Å². The minimum atomic E-state index is -4.04. The van der Waals surface area contributed by atoms with Crippen LogP contribution in [-0.2, 0) is 14.8 Å². The molecule has 0 spiro atoms. The zero-order chi connectivity index (χ0) is 13.9. The zero-order valence-corrected chi connectivity index (χ0v) is 10.6. The maximum atomic E-state index is 13.7. The smallest absolute Gasteiger partial charge is 0.243 e. The third kappa shape index (κ3) is 3.41. The van der Waals surface area contributed by atoms with Crippen molar-refractivity contribution in [3.8, 4) is 0 Å². The molecule has 1 rings (SSSR count). The van der Waals surface area contributed by atoms with Crippen LogP contribution in [0, 0.1) is 12.7 Å². The molecule has 0 aliphatic heterocycles. The number of sulfonamides is 1. The van der Waals surface area contributed by atoms with E-state index in [0.717, 1.165) is 6.07 Å². The third-order valence-corrected chi connectivity index (χ3v) is 3.66. The summed E-state index contributed by atoms with van der Waals surface area (Å²) in [5, 5.41) is 0. The number of amides is 1. The van der Waals surface area contributed by atoms with Crippen molar-refractivity contribution in [1.29, 1.82) is 0 Å². The van der Waals surface area contributed by atoms with Gasteiger partial charge in [0.25, 0.3) is 0 Å². The highest BCUT2D eigenvalue weighted by molar-refractivity contribution is 7.89. The SMILES string of the molecule is Cc1cc(N)cc(S(=O)(=O)NCCC(N)=O)c1F. The number of carbonyl (C=O) groups is 1. The Hall–Kier alpha value is -1.67.